The summed E-state index contributed by atoms with van der Waals surface area (Å²) >= 11 is 0. The molecule has 0 aliphatic carbocycles. The lowest BCUT2D eigenvalue weighted by Gasteiger charge is -2.42. The summed E-state index contributed by atoms with van der Waals surface area (Å²) in [5, 5.41) is 0. The molecule has 7 rings (SSSR count). The van der Waals surface area contributed by atoms with Crippen molar-refractivity contribution in [2.45, 2.75) is 89.6 Å². The van der Waals surface area contributed by atoms with E-state index in [1.54, 1.807) is 69.3 Å². The number of alkyl halides is 5. The molecule has 3 aliphatic heterocycles. The van der Waals surface area contributed by atoms with E-state index < -0.39 is 99.9 Å². The fourth-order valence-corrected chi connectivity index (χ4v) is 8.14. The highest BCUT2D eigenvalue weighted by molar-refractivity contribution is 5.98. The molecule has 10 nitrogen and oxygen atoms in total. The summed E-state index contributed by atoms with van der Waals surface area (Å²) in [4.78, 5) is 35.1. The topological polar surface area (TPSA) is 93.7 Å². The zero-order valence-corrected chi connectivity index (χ0v) is 32.9. The molecule has 2 amide bonds. The number of nitrogens with zero attached hydrogens (tertiary/aromatic N) is 4. The Hall–Kier alpha value is -5.74. The Morgan fingerprint density at radius 2 is 1.51 bits per heavy atom. The van der Waals surface area contributed by atoms with Crippen LogP contribution < -0.4 is 19.1 Å². The van der Waals surface area contributed by atoms with Crippen LogP contribution in [0.5, 0.6) is 17.4 Å². The van der Waals surface area contributed by atoms with Gasteiger partial charge in [0.05, 0.1) is 43.6 Å². The third-order valence-electron chi connectivity index (χ3n) is 10.7. The van der Waals surface area contributed by atoms with Crippen LogP contribution in [-0.4, -0.2) is 83.8 Å². The van der Waals surface area contributed by atoms with Crippen LogP contribution in [0, 0.1) is 18.6 Å². The summed E-state index contributed by atoms with van der Waals surface area (Å²) < 4.78 is 129. The van der Waals surface area contributed by atoms with E-state index in [0.29, 0.717) is 28.7 Å². The summed E-state index contributed by atoms with van der Waals surface area (Å²) in [5.41, 5.74) is -4.97. The quantitative estimate of drug-likeness (QED) is 0.155. The van der Waals surface area contributed by atoms with E-state index >= 15 is 8.78 Å². The molecule has 0 radical (unpaired) electrons. The monoisotopic (exact) mass is 830 g/mol. The Labute approximate surface area is 335 Å². The van der Waals surface area contributed by atoms with Gasteiger partial charge in [0, 0.05) is 25.2 Å². The summed E-state index contributed by atoms with van der Waals surface area (Å²) in [6.45, 7) is 5.67. The normalized spacial score (nSPS) is 19.9. The molecule has 4 heterocycles. The molecule has 4 atom stereocenters. The van der Waals surface area contributed by atoms with Gasteiger partial charge in [-0.05, 0) is 87.2 Å². The van der Waals surface area contributed by atoms with Gasteiger partial charge in [-0.2, -0.15) is 13.2 Å². The molecular formula is C42H41F7N4O6. The summed E-state index contributed by atoms with van der Waals surface area (Å²) in [7, 11) is 2.95. The van der Waals surface area contributed by atoms with Crippen molar-refractivity contribution in [2.24, 2.45) is 0 Å². The SMILES string of the molecule is COc1ccc(CN(Cc2ccc(OC)cc2)c2cc(-c3nc4c(cc3F)C(=O)N3C(C(C(F)F)O4)[C@@H]4C[C@H]3CN4C(=O)OC(C)(C)C)c(C(F)(F)F)c(C)c2F)cc1. The molecule has 17 heteroatoms. The molecule has 0 N–H and O–H groups in total. The number of amides is 2. The average Bonchev–Trinajstić information content (AvgIpc) is 3.73. The van der Waals surface area contributed by atoms with E-state index in [4.69, 9.17) is 18.9 Å². The Bertz CT molecular complexity index is 2200. The Morgan fingerprint density at radius 3 is 2.02 bits per heavy atom. The molecule has 2 bridgehead atoms. The van der Waals surface area contributed by atoms with Crippen LogP contribution in [0.15, 0.2) is 60.7 Å². The maximum absolute atomic E-state index is 16.5. The fourth-order valence-electron chi connectivity index (χ4n) is 8.14. The minimum Gasteiger partial charge on any atom is -0.497 e. The lowest BCUT2D eigenvalue weighted by atomic mass is 9.95. The highest BCUT2D eigenvalue weighted by Crippen LogP contribution is 2.47. The molecule has 1 aromatic heterocycles. The van der Waals surface area contributed by atoms with Crippen LogP contribution in [0.4, 0.5) is 41.2 Å². The van der Waals surface area contributed by atoms with E-state index in [-0.39, 0.29) is 31.7 Å². The number of carbonyl (C=O) groups is 2. The van der Waals surface area contributed by atoms with Crippen molar-refractivity contribution in [3.05, 3.63) is 100 Å². The van der Waals surface area contributed by atoms with Gasteiger partial charge in [0.2, 0.25) is 5.88 Å². The Morgan fingerprint density at radius 1 is 0.932 bits per heavy atom. The van der Waals surface area contributed by atoms with Crippen molar-refractivity contribution in [3.8, 4) is 28.6 Å². The minimum atomic E-state index is -5.26. The number of hydrogen-bond donors (Lipinski definition) is 0. The molecule has 0 saturated carbocycles. The second kappa shape index (κ2) is 15.5. The number of fused-ring (bicyclic) bond motifs is 6. The van der Waals surface area contributed by atoms with Crippen LogP contribution in [0.3, 0.4) is 0 Å². The Kier molecular flexibility index (Phi) is 10.9. The number of halogens is 7. The van der Waals surface area contributed by atoms with E-state index in [2.05, 4.69) is 4.98 Å². The number of aromatic nitrogens is 1. The molecule has 314 valence electrons. The van der Waals surface area contributed by atoms with E-state index in [1.807, 2.05) is 0 Å². The minimum absolute atomic E-state index is 0.0369. The van der Waals surface area contributed by atoms with Crippen LogP contribution in [-0.2, 0) is 24.0 Å². The van der Waals surface area contributed by atoms with Gasteiger partial charge in [-0.3, -0.25) is 4.79 Å². The van der Waals surface area contributed by atoms with Crippen molar-refractivity contribution in [1.82, 2.24) is 14.8 Å². The van der Waals surface area contributed by atoms with E-state index in [1.165, 1.54) is 24.0 Å². The summed E-state index contributed by atoms with van der Waals surface area (Å²) in [6.07, 6.45) is -11.3. The standard InChI is InChI=1S/C42H41F7N4O6/c1-21-32(42(47,48)49)27(17-30(33(21)44)51(18-22-7-11-25(56-5)12-8-22)19-23-9-13-26(57-6)14-10-23)34-29(43)16-28-38(50-34)58-36(37(45)46)35-31-15-24(53(35)39(28)54)20-52(31)40(55)59-41(2,3)4/h7-14,16-17,24,31,35-37H,15,18-20H2,1-6H3/t24-,31-,35?,36?/m0/s1. The molecule has 2 unspecified atom stereocenters. The number of piperazine rings is 1. The van der Waals surface area contributed by atoms with Gasteiger partial charge in [0.25, 0.3) is 12.3 Å². The van der Waals surface area contributed by atoms with Crippen LogP contribution in [0.25, 0.3) is 11.3 Å². The highest BCUT2D eigenvalue weighted by Gasteiger charge is 2.61. The number of anilines is 1. The molecule has 59 heavy (non-hydrogen) atoms. The highest BCUT2D eigenvalue weighted by atomic mass is 19.4. The van der Waals surface area contributed by atoms with Gasteiger partial charge in [-0.1, -0.05) is 24.3 Å². The molecule has 3 aliphatic rings. The van der Waals surface area contributed by atoms with Crippen molar-refractivity contribution >= 4 is 17.7 Å². The van der Waals surface area contributed by atoms with Crippen molar-refractivity contribution in [3.63, 3.8) is 0 Å². The number of methoxy groups -OCH3 is 2. The molecule has 4 aromatic rings. The zero-order chi connectivity index (χ0) is 42.7. The lowest BCUT2D eigenvalue weighted by Crippen LogP contribution is -2.62. The number of rotatable bonds is 9. The number of hydrogen-bond acceptors (Lipinski definition) is 8. The maximum Gasteiger partial charge on any atom is 0.417 e. The van der Waals surface area contributed by atoms with Crippen LogP contribution >= 0.6 is 0 Å². The predicted molar refractivity (Wildman–Crippen MR) is 201 cm³/mol. The molecule has 2 saturated heterocycles. The van der Waals surface area contributed by atoms with Gasteiger partial charge in [-0.15, -0.1) is 0 Å². The van der Waals surface area contributed by atoms with Crippen molar-refractivity contribution in [1.29, 1.82) is 0 Å². The third kappa shape index (κ3) is 7.90. The van der Waals surface area contributed by atoms with Gasteiger partial charge < -0.3 is 33.6 Å². The van der Waals surface area contributed by atoms with Gasteiger partial charge in [0.1, 0.15) is 34.2 Å². The second-order valence-electron chi connectivity index (χ2n) is 15.7. The first-order valence-electron chi connectivity index (χ1n) is 18.7. The number of carbonyl (C=O) groups excluding carboxylic acids is 2. The predicted octanol–water partition coefficient (Wildman–Crippen LogP) is 8.81. The largest absolute Gasteiger partial charge is 0.497 e. The number of benzene rings is 3. The second-order valence-corrected chi connectivity index (χ2v) is 15.7. The van der Waals surface area contributed by atoms with Crippen molar-refractivity contribution in [2.75, 3.05) is 25.7 Å². The van der Waals surface area contributed by atoms with Gasteiger partial charge in [0.15, 0.2) is 11.9 Å². The maximum atomic E-state index is 16.5. The number of pyridine rings is 1. The Balaban J connectivity index is 1.34. The summed E-state index contributed by atoms with van der Waals surface area (Å²) in [5.74, 6) is -3.37. The van der Waals surface area contributed by atoms with E-state index in [0.717, 1.165) is 17.9 Å². The first-order valence-corrected chi connectivity index (χ1v) is 18.7. The third-order valence-corrected chi connectivity index (χ3v) is 10.7. The van der Waals surface area contributed by atoms with Crippen molar-refractivity contribution < 1.29 is 59.3 Å². The average molecular weight is 831 g/mol. The number of ether oxygens (including phenoxy) is 4. The molecule has 3 aromatic carbocycles. The first kappa shape index (κ1) is 41.4. The summed E-state index contributed by atoms with van der Waals surface area (Å²) in [6, 6.07) is 11.7. The molecule has 0 spiro atoms. The molecular weight excluding hydrogens is 789 g/mol. The van der Waals surface area contributed by atoms with Gasteiger partial charge >= 0.3 is 12.3 Å². The first-order chi connectivity index (χ1) is 27.8. The smallest absolute Gasteiger partial charge is 0.417 e. The van der Waals surface area contributed by atoms with Crippen LogP contribution in [0.2, 0.25) is 0 Å². The fraction of sp³-hybridized carbons (Fsp3) is 0.405. The van der Waals surface area contributed by atoms with Gasteiger partial charge in [-0.25, -0.2) is 27.3 Å². The van der Waals surface area contributed by atoms with Crippen LogP contribution in [0.1, 0.15) is 59.8 Å². The number of likely N-dealkylation sites (tertiary alicyclic amines) is 1. The van der Waals surface area contributed by atoms with E-state index in [9.17, 15) is 31.5 Å². The lowest BCUT2D eigenvalue weighted by molar-refractivity contribution is -0.137. The zero-order valence-electron chi connectivity index (χ0n) is 32.9. The molecule has 2 fully saturated rings.